The zero-order valence-corrected chi connectivity index (χ0v) is 8.08. The molecule has 0 aliphatic heterocycles. The van der Waals surface area contributed by atoms with Crippen molar-refractivity contribution in [1.82, 2.24) is 0 Å². The Morgan fingerprint density at radius 3 is 2.90 bits per heavy atom. The fourth-order valence-corrected chi connectivity index (χ4v) is 2.15. The minimum Gasteiger partial charge on any atom is -0.387 e. The van der Waals surface area contributed by atoms with Gasteiger partial charge in [0.05, 0.1) is 6.10 Å². The molecule has 1 nitrogen and oxygen atoms in total. The third kappa shape index (κ3) is 1.81. The summed E-state index contributed by atoms with van der Waals surface area (Å²) in [6.45, 7) is 2.03. The molecule has 56 valence electrons. The summed E-state index contributed by atoms with van der Waals surface area (Å²) < 4.78 is 0. The molecule has 0 aliphatic rings. The molecule has 0 saturated heterocycles. The molecule has 3 heteroatoms. The van der Waals surface area contributed by atoms with E-state index in [0.29, 0.717) is 5.33 Å². The SMILES string of the molecule is Cc1csc(C(O)CBr)c1. The summed E-state index contributed by atoms with van der Waals surface area (Å²) in [7, 11) is 0. The number of aliphatic hydroxyl groups excluding tert-OH is 1. The summed E-state index contributed by atoms with van der Waals surface area (Å²) in [6, 6.07) is 2.01. The van der Waals surface area contributed by atoms with Crippen molar-refractivity contribution in [2.75, 3.05) is 5.33 Å². The number of aliphatic hydroxyl groups is 1. The largest absolute Gasteiger partial charge is 0.387 e. The second-order valence-corrected chi connectivity index (χ2v) is 3.79. The molecule has 0 fully saturated rings. The van der Waals surface area contributed by atoms with Gasteiger partial charge in [0.25, 0.3) is 0 Å². The molecule has 1 N–H and O–H groups in total. The van der Waals surface area contributed by atoms with Crippen molar-refractivity contribution in [3.63, 3.8) is 0 Å². The van der Waals surface area contributed by atoms with Crippen molar-refractivity contribution in [3.8, 4) is 0 Å². The lowest BCUT2D eigenvalue weighted by molar-refractivity contribution is 0.209. The highest BCUT2D eigenvalue weighted by Gasteiger charge is 2.06. The minimum atomic E-state index is -0.335. The molecule has 1 aromatic heterocycles. The van der Waals surface area contributed by atoms with Gasteiger partial charge < -0.3 is 5.11 Å². The molecule has 0 amide bonds. The molecule has 1 rings (SSSR count). The standard InChI is InChI=1S/C7H9BrOS/c1-5-2-7(10-4-5)6(9)3-8/h2,4,6,9H,3H2,1H3. The van der Waals surface area contributed by atoms with Crippen LogP contribution in [0.3, 0.4) is 0 Å². The second-order valence-electron chi connectivity index (χ2n) is 2.20. The predicted octanol–water partition coefficient (Wildman–Crippen LogP) is 2.48. The summed E-state index contributed by atoms with van der Waals surface area (Å²) in [6.07, 6.45) is -0.335. The van der Waals surface area contributed by atoms with Crippen LogP contribution in [0, 0.1) is 6.92 Å². The molecule has 0 bridgehead atoms. The molecule has 1 atom stereocenters. The summed E-state index contributed by atoms with van der Waals surface area (Å²) >= 11 is 4.82. The van der Waals surface area contributed by atoms with Gasteiger partial charge in [0.1, 0.15) is 0 Å². The van der Waals surface area contributed by atoms with Gasteiger partial charge in [-0.1, -0.05) is 15.9 Å². The summed E-state index contributed by atoms with van der Waals surface area (Å²) in [5.41, 5.74) is 1.22. The quantitative estimate of drug-likeness (QED) is 0.760. The van der Waals surface area contributed by atoms with Crippen LogP contribution in [0.15, 0.2) is 11.4 Å². The Balaban J connectivity index is 2.74. The fraction of sp³-hybridized carbons (Fsp3) is 0.429. The highest BCUT2D eigenvalue weighted by molar-refractivity contribution is 9.09. The molecular formula is C7H9BrOS. The molecule has 1 heterocycles. The van der Waals surface area contributed by atoms with E-state index in [1.165, 1.54) is 5.56 Å². The van der Waals surface area contributed by atoms with Crippen LogP contribution in [0.5, 0.6) is 0 Å². The molecule has 0 saturated carbocycles. The minimum absolute atomic E-state index is 0.335. The second kappa shape index (κ2) is 3.51. The van der Waals surface area contributed by atoms with Gasteiger partial charge in [0, 0.05) is 10.2 Å². The average molecular weight is 221 g/mol. The first kappa shape index (κ1) is 8.24. The highest BCUT2D eigenvalue weighted by Crippen LogP contribution is 2.22. The van der Waals surface area contributed by atoms with Gasteiger partial charge >= 0.3 is 0 Å². The lowest BCUT2D eigenvalue weighted by Crippen LogP contribution is -1.93. The number of alkyl halides is 1. The smallest absolute Gasteiger partial charge is 0.0978 e. The summed E-state index contributed by atoms with van der Waals surface area (Å²) in [5.74, 6) is 0. The van der Waals surface area contributed by atoms with Gasteiger partial charge in [-0.15, -0.1) is 11.3 Å². The molecule has 0 aromatic carbocycles. The topological polar surface area (TPSA) is 20.2 Å². The maximum absolute atomic E-state index is 9.31. The molecule has 1 aromatic rings. The summed E-state index contributed by atoms with van der Waals surface area (Å²) in [4.78, 5) is 1.04. The van der Waals surface area contributed by atoms with E-state index in [1.807, 2.05) is 18.4 Å². The number of hydrogen-bond acceptors (Lipinski definition) is 2. The predicted molar refractivity (Wildman–Crippen MR) is 47.8 cm³/mol. The normalized spacial score (nSPS) is 13.5. The maximum atomic E-state index is 9.31. The first-order valence-electron chi connectivity index (χ1n) is 3.03. The fourth-order valence-electron chi connectivity index (χ4n) is 0.704. The van der Waals surface area contributed by atoms with Gasteiger partial charge in [0.2, 0.25) is 0 Å². The van der Waals surface area contributed by atoms with Crippen molar-refractivity contribution in [2.24, 2.45) is 0 Å². The van der Waals surface area contributed by atoms with Crippen LogP contribution in [0.2, 0.25) is 0 Å². The van der Waals surface area contributed by atoms with Crippen molar-refractivity contribution >= 4 is 27.3 Å². The van der Waals surface area contributed by atoms with Crippen LogP contribution in [-0.2, 0) is 0 Å². The van der Waals surface area contributed by atoms with Crippen molar-refractivity contribution in [1.29, 1.82) is 0 Å². The number of aryl methyl sites for hydroxylation is 1. The Kier molecular flexibility index (Phi) is 2.89. The lowest BCUT2D eigenvalue weighted by atomic mass is 10.3. The van der Waals surface area contributed by atoms with E-state index in [1.54, 1.807) is 11.3 Å². The monoisotopic (exact) mass is 220 g/mol. The molecular weight excluding hydrogens is 212 g/mol. The van der Waals surface area contributed by atoms with Crippen molar-refractivity contribution < 1.29 is 5.11 Å². The number of rotatable bonds is 2. The van der Waals surface area contributed by atoms with Crippen LogP contribution in [0.4, 0.5) is 0 Å². The first-order valence-corrected chi connectivity index (χ1v) is 5.03. The van der Waals surface area contributed by atoms with E-state index in [-0.39, 0.29) is 6.10 Å². The van der Waals surface area contributed by atoms with E-state index in [9.17, 15) is 5.11 Å². The zero-order valence-electron chi connectivity index (χ0n) is 5.67. The molecule has 0 radical (unpaired) electrons. The van der Waals surface area contributed by atoms with Crippen LogP contribution < -0.4 is 0 Å². The van der Waals surface area contributed by atoms with Crippen LogP contribution >= 0.6 is 27.3 Å². The van der Waals surface area contributed by atoms with E-state index in [2.05, 4.69) is 15.9 Å². The van der Waals surface area contributed by atoms with Gasteiger partial charge in [-0.25, -0.2) is 0 Å². The van der Waals surface area contributed by atoms with Crippen LogP contribution in [0.1, 0.15) is 16.5 Å². The Labute approximate surface area is 72.8 Å². The van der Waals surface area contributed by atoms with E-state index in [4.69, 9.17) is 0 Å². The Morgan fingerprint density at radius 2 is 2.50 bits per heavy atom. The Bertz CT molecular complexity index is 209. The van der Waals surface area contributed by atoms with E-state index < -0.39 is 0 Å². The van der Waals surface area contributed by atoms with Gasteiger partial charge in [-0.3, -0.25) is 0 Å². The van der Waals surface area contributed by atoms with Crippen LogP contribution in [0.25, 0.3) is 0 Å². The van der Waals surface area contributed by atoms with E-state index in [0.717, 1.165) is 4.88 Å². The summed E-state index contributed by atoms with van der Waals surface area (Å²) in [5, 5.41) is 12.0. The Morgan fingerprint density at radius 1 is 1.80 bits per heavy atom. The van der Waals surface area contributed by atoms with E-state index >= 15 is 0 Å². The molecule has 10 heavy (non-hydrogen) atoms. The van der Waals surface area contributed by atoms with Crippen molar-refractivity contribution in [2.45, 2.75) is 13.0 Å². The van der Waals surface area contributed by atoms with Gasteiger partial charge in [-0.05, 0) is 23.9 Å². The van der Waals surface area contributed by atoms with Gasteiger partial charge in [-0.2, -0.15) is 0 Å². The number of hydrogen-bond donors (Lipinski definition) is 1. The maximum Gasteiger partial charge on any atom is 0.0978 e. The number of halogens is 1. The van der Waals surface area contributed by atoms with Crippen LogP contribution in [-0.4, -0.2) is 10.4 Å². The first-order chi connectivity index (χ1) is 4.74. The molecule has 0 spiro atoms. The third-order valence-corrected chi connectivity index (χ3v) is 2.99. The van der Waals surface area contributed by atoms with Crippen molar-refractivity contribution in [3.05, 3.63) is 21.9 Å². The molecule has 0 aliphatic carbocycles. The molecule has 1 unspecified atom stereocenters. The zero-order chi connectivity index (χ0) is 7.56. The Hall–Kier alpha value is 0.140. The number of thiophene rings is 1. The third-order valence-electron chi connectivity index (χ3n) is 1.23. The van der Waals surface area contributed by atoms with Gasteiger partial charge in [0.15, 0.2) is 0 Å². The average Bonchev–Trinajstić information content (AvgIpc) is 2.34. The highest BCUT2D eigenvalue weighted by atomic mass is 79.9. The lowest BCUT2D eigenvalue weighted by Gasteiger charge is -2.00.